The van der Waals surface area contributed by atoms with Gasteiger partial charge in [-0.15, -0.1) is 0 Å². The molecule has 34 heavy (non-hydrogen) atoms. The summed E-state index contributed by atoms with van der Waals surface area (Å²) in [5.41, 5.74) is 1.20. The topological polar surface area (TPSA) is 55.8 Å². The Hall–Kier alpha value is -1.55. The molecular formula is C30H52O4. The summed E-state index contributed by atoms with van der Waals surface area (Å²) in [5, 5.41) is 8.71. The summed E-state index contributed by atoms with van der Waals surface area (Å²) in [4.78, 5) is 10.6. The van der Waals surface area contributed by atoms with Crippen molar-refractivity contribution < 1.29 is 19.4 Å². The van der Waals surface area contributed by atoms with Crippen molar-refractivity contribution in [2.45, 2.75) is 129 Å². The lowest BCUT2D eigenvalue weighted by atomic mass is 9.91. The average molecular weight is 477 g/mol. The Kier molecular flexibility index (Phi) is 19.7. The normalized spacial score (nSPS) is 12.1. The Bertz CT molecular complexity index is 584. The lowest BCUT2D eigenvalue weighted by Crippen LogP contribution is -2.06. The van der Waals surface area contributed by atoms with E-state index in [-0.39, 0.29) is 0 Å². The van der Waals surface area contributed by atoms with E-state index in [0.29, 0.717) is 13.0 Å². The predicted octanol–water partition coefficient (Wildman–Crippen LogP) is 8.95. The third-order valence-electron chi connectivity index (χ3n) is 6.82. The second-order valence-electron chi connectivity index (χ2n) is 9.87. The summed E-state index contributed by atoms with van der Waals surface area (Å²) < 4.78 is 11.2. The SMILES string of the molecule is CCCCCCCCCC(CCCCCCCCCC(=O)O)CCOCc1ccc(OC)cc1. The first-order valence-corrected chi connectivity index (χ1v) is 14.1. The molecule has 0 heterocycles. The van der Waals surface area contributed by atoms with Crippen LogP contribution in [0.15, 0.2) is 24.3 Å². The van der Waals surface area contributed by atoms with Crippen molar-refractivity contribution in [2.24, 2.45) is 5.92 Å². The van der Waals surface area contributed by atoms with Crippen LogP contribution in [0.4, 0.5) is 0 Å². The van der Waals surface area contributed by atoms with Crippen LogP contribution in [0.2, 0.25) is 0 Å². The van der Waals surface area contributed by atoms with Gasteiger partial charge in [-0.05, 0) is 36.5 Å². The highest BCUT2D eigenvalue weighted by Gasteiger charge is 2.09. The summed E-state index contributed by atoms with van der Waals surface area (Å²) in [6.45, 7) is 3.80. The number of unbranched alkanes of at least 4 members (excludes halogenated alkanes) is 12. The van der Waals surface area contributed by atoms with Crippen LogP contribution in [0.1, 0.15) is 128 Å². The maximum Gasteiger partial charge on any atom is 0.303 e. The molecule has 0 spiro atoms. The van der Waals surface area contributed by atoms with Crippen LogP contribution in [-0.4, -0.2) is 24.8 Å². The van der Waals surface area contributed by atoms with Crippen LogP contribution >= 0.6 is 0 Å². The molecule has 0 aliphatic heterocycles. The van der Waals surface area contributed by atoms with E-state index in [2.05, 4.69) is 19.1 Å². The highest BCUT2D eigenvalue weighted by Crippen LogP contribution is 2.23. The van der Waals surface area contributed by atoms with Gasteiger partial charge >= 0.3 is 5.97 Å². The molecule has 4 nitrogen and oxygen atoms in total. The Morgan fingerprint density at radius 2 is 1.29 bits per heavy atom. The molecule has 1 rings (SSSR count). The lowest BCUT2D eigenvalue weighted by Gasteiger charge is -2.17. The van der Waals surface area contributed by atoms with E-state index in [0.717, 1.165) is 31.1 Å². The zero-order valence-corrected chi connectivity index (χ0v) is 22.2. The van der Waals surface area contributed by atoms with Crippen LogP contribution in [0.5, 0.6) is 5.75 Å². The summed E-state index contributed by atoms with van der Waals surface area (Å²) in [7, 11) is 1.69. The van der Waals surface area contributed by atoms with Gasteiger partial charge in [0, 0.05) is 13.0 Å². The van der Waals surface area contributed by atoms with Crippen molar-refractivity contribution >= 4 is 5.97 Å². The second-order valence-corrected chi connectivity index (χ2v) is 9.87. The van der Waals surface area contributed by atoms with Crippen LogP contribution in [0, 0.1) is 5.92 Å². The fraction of sp³-hybridized carbons (Fsp3) is 0.767. The van der Waals surface area contributed by atoms with Crippen molar-refractivity contribution in [1.29, 1.82) is 0 Å². The molecule has 0 radical (unpaired) electrons. The number of aliphatic carboxylic acids is 1. The molecule has 0 saturated heterocycles. The molecule has 0 aromatic heterocycles. The van der Waals surface area contributed by atoms with Gasteiger partial charge in [0.25, 0.3) is 0 Å². The highest BCUT2D eigenvalue weighted by molar-refractivity contribution is 5.66. The number of benzene rings is 1. The lowest BCUT2D eigenvalue weighted by molar-refractivity contribution is -0.137. The van der Waals surface area contributed by atoms with Crippen LogP contribution in [0.25, 0.3) is 0 Å². The minimum Gasteiger partial charge on any atom is -0.497 e. The van der Waals surface area contributed by atoms with Crippen molar-refractivity contribution in [3.63, 3.8) is 0 Å². The largest absolute Gasteiger partial charge is 0.497 e. The molecule has 0 fully saturated rings. The van der Waals surface area contributed by atoms with Gasteiger partial charge in [0.05, 0.1) is 13.7 Å². The average Bonchev–Trinajstić information content (AvgIpc) is 2.84. The third-order valence-corrected chi connectivity index (χ3v) is 6.82. The fourth-order valence-corrected chi connectivity index (χ4v) is 4.58. The molecule has 0 aliphatic rings. The van der Waals surface area contributed by atoms with Crippen LogP contribution in [0.3, 0.4) is 0 Å². The smallest absolute Gasteiger partial charge is 0.303 e. The van der Waals surface area contributed by atoms with E-state index in [1.165, 1.54) is 102 Å². The molecule has 0 bridgehead atoms. The van der Waals surface area contributed by atoms with Crippen molar-refractivity contribution in [3.05, 3.63) is 29.8 Å². The number of hydrogen-bond acceptors (Lipinski definition) is 3. The molecule has 1 N–H and O–H groups in total. The zero-order valence-electron chi connectivity index (χ0n) is 22.2. The van der Waals surface area contributed by atoms with E-state index >= 15 is 0 Å². The summed E-state index contributed by atoms with van der Waals surface area (Å²) in [6, 6.07) is 8.15. The number of carbonyl (C=O) groups is 1. The number of carboxylic acid groups (broad SMARTS) is 1. The maximum absolute atomic E-state index is 10.6. The molecule has 1 aromatic rings. The Morgan fingerprint density at radius 1 is 0.765 bits per heavy atom. The summed E-state index contributed by atoms with van der Waals surface area (Å²) in [5.74, 6) is 1.00. The molecule has 1 unspecified atom stereocenters. The van der Waals surface area contributed by atoms with E-state index in [1.54, 1.807) is 7.11 Å². The molecule has 1 aromatic carbocycles. The molecule has 0 saturated carbocycles. The Labute approximate surface area is 209 Å². The van der Waals surface area contributed by atoms with E-state index in [9.17, 15) is 4.79 Å². The van der Waals surface area contributed by atoms with Gasteiger partial charge in [-0.3, -0.25) is 4.79 Å². The predicted molar refractivity (Wildman–Crippen MR) is 143 cm³/mol. The molecule has 0 amide bonds. The van der Waals surface area contributed by atoms with Crippen LogP contribution in [-0.2, 0) is 16.1 Å². The number of hydrogen-bond donors (Lipinski definition) is 1. The number of ether oxygens (including phenoxy) is 2. The third kappa shape index (κ3) is 17.9. The van der Waals surface area contributed by atoms with Crippen molar-refractivity contribution in [1.82, 2.24) is 0 Å². The zero-order chi connectivity index (χ0) is 24.7. The van der Waals surface area contributed by atoms with Gasteiger partial charge in [0.2, 0.25) is 0 Å². The first-order valence-electron chi connectivity index (χ1n) is 14.1. The highest BCUT2D eigenvalue weighted by atomic mass is 16.5. The first kappa shape index (κ1) is 30.5. The quantitative estimate of drug-likeness (QED) is 0.151. The van der Waals surface area contributed by atoms with Gasteiger partial charge in [0.15, 0.2) is 0 Å². The van der Waals surface area contributed by atoms with Gasteiger partial charge in [0.1, 0.15) is 5.75 Å². The van der Waals surface area contributed by atoms with Crippen LogP contribution < -0.4 is 4.74 Å². The van der Waals surface area contributed by atoms with Gasteiger partial charge in [-0.2, -0.15) is 0 Å². The molecule has 1 atom stereocenters. The molecule has 196 valence electrons. The molecule has 4 heteroatoms. The Morgan fingerprint density at radius 3 is 1.82 bits per heavy atom. The first-order chi connectivity index (χ1) is 16.7. The van der Waals surface area contributed by atoms with E-state index in [4.69, 9.17) is 14.6 Å². The number of carboxylic acids is 1. The van der Waals surface area contributed by atoms with E-state index < -0.39 is 5.97 Å². The van der Waals surface area contributed by atoms with Gasteiger partial charge in [-0.25, -0.2) is 0 Å². The van der Waals surface area contributed by atoms with E-state index in [1.807, 2.05) is 12.1 Å². The maximum atomic E-state index is 10.6. The molecular weight excluding hydrogens is 424 g/mol. The second kappa shape index (κ2) is 21.9. The molecule has 0 aliphatic carbocycles. The van der Waals surface area contributed by atoms with Crippen molar-refractivity contribution in [3.8, 4) is 5.75 Å². The summed E-state index contributed by atoms with van der Waals surface area (Å²) >= 11 is 0. The number of methoxy groups -OCH3 is 1. The monoisotopic (exact) mass is 476 g/mol. The Balaban J connectivity index is 2.21. The summed E-state index contributed by atoms with van der Waals surface area (Å²) in [6.07, 6.45) is 22.0. The minimum atomic E-state index is -0.667. The fourth-order valence-electron chi connectivity index (χ4n) is 4.58. The van der Waals surface area contributed by atoms with Gasteiger partial charge < -0.3 is 14.6 Å². The van der Waals surface area contributed by atoms with Gasteiger partial charge in [-0.1, -0.05) is 115 Å². The van der Waals surface area contributed by atoms with Crippen molar-refractivity contribution in [2.75, 3.05) is 13.7 Å². The minimum absolute atomic E-state index is 0.320. The number of rotatable bonds is 24. The standard InChI is InChI=1S/C30H52O4/c1-3-4-5-6-8-11-14-17-27(18-15-12-9-7-10-13-16-19-30(31)32)24-25-34-26-28-20-22-29(33-2)23-21-28/h20-23,27H,3-19,24-26H2,1-2H3,(H,31,32).